The first-order valence-electron chi connectivity index (χ1n) is 8.29. The topological polar surface area (TPSA) is 166 Å². The van der Waals surface area contributed by atoms with Crippen LogP contribution in [0.2, 0.25) is 0 Å². The van der Waals surface area contributed by atoms with E-state index in [1.54, 1.807) is 25.6 Å². The van der Waals surface area contributed by atoms with Crippen LogP contribution in [0.3, 0.4) is 0 Å². The first kappa shape index (κ1) is 20.2. The largest absolute Gasteiger partial charge is 0.358 e. The summed E-state index contributed by atoms with van der Waals surface area (Å²) < 4.78 is 2.93. The molecule has 0 aliphatic heterocycles. The molecule has 0 aliphatic rings. The summed E-state index contributed by atoms with van der Waals surface area (Å²) >= 11 is 2.98. The van der Waals surface area contributed by atoms with Crippen molar-refractivity contribution >= 4 is 44.9 Å². The van der Waals surface area contributed by atoms with Crippen molar-refractivity contribution in [2.45, 2.75) is 20.4 Å². The standard InChI is InChI=1S/C15H16BrN9O4/c1-4-24-12(15(27)19-8-5-17-23(3)7(8)2)9(6-18-24)20-14(26)11-10(16)13(22-21-11)25(28)29/h5-6H,4H2,1-3H3,(H,19,27)(H,20,26)(H,21,22). The van der Waals surface area contributed by atoms with Crippen molar-refractivity contribution in [1.29, 1.82) is 0 Å². The van der Waals surface area contributed by atoms with E-state index in [1.165, 1.54) is 17.1 Å². The van der Waals surface area contributed by atoms with Crippen molar-refractivity contribution in [1.82, 2.24) is 29.8 Å². The van der Waals surface area contributed by atoms with E-state index in [0.29, 0.717) is 12.2 Å². The number of aromatic amines is 1. The average molecular weight is 466 g/mol. The number of anilines is 2. The lowest BCUT2D eigenvalue weighted by Crippen LogP contribution is -2.21. The Morgan fingerprint density at radius 1 is 1.24 bits per heavy atom. The number of nitro groups is 1. The molecule has 3 N–H and O–H groups in total. The molecule has 152 valence electrons. The molecule has 3 rings (SSSR count). The third kappa shape index (κ3) is 3.73. The van der Waals surface area contributed by atoms with Crippen LogP contribution < -0.4 is 10.6 Å². The van der Waals surface area contributed by atoms with Gasteiger partial charge in [0.25, 0.3) is 11.8 Å². The van der Waals surface area contributed by atoms with Gasteiger partial charge in [-0.05, 0) is 34.7 Å². The highest BCUT2D eigenvalue weighted by Gasteiger charge is 2.27. The Morgan fingerprint density at radius 3 is 2.45 bits per heavy atom. The molecule has 3 heterocycles. The second-order valence-electron chi connectivity index (χ2n) is 5.89. The summed E-state index contributed by atoms with van der Waals surface area (Å²) in [5, 5.41) is 30.2. The van der Waals surface area contributed by atoms with Crippen LogP contribution in [0.4, 0.5) is 17.2 Å². The Kier molecular flexibility index (Phi) is 5.45. The fraction of sp³-hybridized carbons (Fsp3) is 0.267. The molecule has 0 fully saturated rings. The SMILES string of the molecule is CCn1ncc(NC(=O)c2n[nH]c([N+](=O)[O-])c2Br)c1C(=O)Nc1cnn(C)c1C. The van der Waals surface area contributed by atoms with Crippen LogP contribution in [0.1, 0.15) is 33.6 Å². The number of carbonyl (C=O) groups is 2. The van der Waals surface area contributed by atoms with Crippen LogP contribution >= 0.6 is 15.9 Å². The summed E-state index contributed by atoms with van der Waals surface area (Å²) in [7, 11) is 1.74. The summed E-state index contributed by atoms with van der Waals surface area (Å²) in [6, 6.07) is 0. The van der Waals surface area contributed by atoms with Crippen molar-refractivity contribution in [3.8, 4) is 0 Å². The lowest BCUT2D eigenvalue weighted by molar-refractivity contribution is -0.390. The molecule has 0 saturated heterocycles. The molecule has 0 atom stereocenters. The highest BCUT2D eigenvalue weighted by atomic mass is 79.9. The van der Waals surface area contributed by atoms with Gasteiger partial charge in [-0.3, -0.25) is 19.0 Å². The molecule has 3 aromatic rings. The molecule has 14 heteroatoms. The molecule has 0 aromatic carbocycles. The zero-order valence-corrected chi connectivity index (χ0v) is 17.1. The lowest BCUT2D eigenvalue weighted by atomic mass is 10.3. The molecule has 0 bridgehead atoms. The molecule has 3 aromatic heterocycles. The second kappa shape index (κ2) is 7.83. The molecule has 0 spiro atoms. The highest BCUT2D eigenvalue weighted by Crippen LogP contribution is 2.27. The highest BCUT2D eigenvalue weighted by molar-refractivity contribution is 9.10. The van der Waals surface area contributed by atoms with Crippen LogP contribution in [0.5, 0.6) is 0 Å². The summed E-state index contributed by atoms with van der Waals surface area (Å²) in [4.78, 5) is 35.6. The number of rotatable bonds is 6. The van der Waals surface area contributed by atoms with E-state index in [1.807, 2.05) is 0 Å². The van der Waals surface area contributed by atoms with Gasteiger partial charge in [0.1, 0.15) is 10.2 Å². The zero-order valence-electron chi connectivity index (χ0n) is 15.6. The van der Waals surface area contributed by atoms with Crippen molar-refractivity contribution in [2.75, 3.05) is 10.6 Å². The van der Waals surface area contributed by atoms with Crippen LogP contribution in [0, 0.1) is 17.0 Å². The van der Waals surface area contributed by atoms with Gasteiger partial charge in [0.2, 0.25) is 0 Å². The average Bonchev–Trinajstić information content (AvgIpc) is 3.34. The van der Waals surface area contributed by atoms with Gasteiger partial charge in [-0.25, -0.2) is 0 Å². The maximum atomic E-state index is 12.8. The number of halogens is 1. The monoisotopic (exact) mass is 465 g/mol. The quantitative estimate of drug-likeness (QED) is 0.368. The van der Waals surface area contributed by atoms with Crippen LogP contribution in [0.25, 0.3) is 0 Å². The van der Waals surface area contributed by atoms with E-state index in [0.717, 1.165) is 5.69 Å². The molecule has 0 radical (unpaired) electrons. The van der Waals surface area contributed by atoms with Gasteiger partial charge in [0.05, 0.1) is 29.5 Å². The Balaban J connectivity index is 1.88. The molecule has 13 nitrogen and oxygen atoms in total. The van der Waals surface area contributed by atoms with Crippen LogP contribution in [-0.2, 0) is 13.6 Å². The van der Waals surface area contributed by atoms with Gasteiger partial charge in [-0.2, -0.15) is 10.2 Å². The van der Waals surface area contributed by atoms with Crippen LogP contribution in [0.15, 0.2) is 16.9 Å². The number of nitrogens with one attached hydrogen (secondary N) is 3. The van der Waals surface area contributed by atoms with E-state index >= 15 is 0 Å². The minimum Gasteiger partial charge on any atom is -0.358 e. The number of carbonyl (C=O) groups excluding carboxylic acids is 2. The molecule has 0 saturated carbocycles. The van der Waals surface area contributed by atoms with E-state index in [2.05, 4.69) is 47.0 Å². The second-order valence-corrected chi connectivity index (χ2v) is 6.68. The first-order chi connectivity index (χ1) is 13.7. The fourth-order valence-corrected chi connectivity index (χ4v) is 3.03. The van der Waals surface area contributed by atoms with Gasteiger partial charge in [-0.1, -0.05) is 5.10 Å². The maximum absolute atomic E-state index is 12.8. The summed E-state index contributed by atoms with van der Waals surface area (Å²) in [6.45, 7) is 3.96. The zero-order chi connectivity index (χ0) is 21.3. The molecular weight excluding hydrogens is 450 g/mol. The number of nitrogens with zero attached hydrogens (tertiary/aromatic N) is 6. The van der Waals surface area contributed by atoms with Gasteiger partial charge >= 0.3 is 5.82 Å². The molecule has 29 heavy (non-hydrogen) atoms. The fourth-order valence-electron chi connectivity index (χ4n) is 2.53. The van der Waals surface area contributed by atoms with E-state index in [4.69, 9.17) is 0 Å². The molecular formula is C15H16BrN9O4. The Hall–Kier alpha value is -3.55. The number of hydrogen-bond donors (Lipinski definition) is 3. The minimum atomic E-state index is -0.747. The first-order valence-corrected chi connectivity index (χ1v) is 9.09. The van der Waals surface area contributed by atoms with Crippen molar-refractivity contribution in [3.05, 3.63) is 44.1 Å². The number of amides is 2. The Morgan fingerprint density at radius 2 is 1.90 bits per heavy atom. The number of aryl methyl sites for hydroxylation is 2. The van der Waals surface area contributed by atoms with E-state index < -0.39 is 22.6 Å². The third-order valence-electron chi connectivity index (χ3n) is 4.17. The smallest absolute Gasteiger partial charge is 0.357 e. The van der Waals surface area contributed by atoms with E-state index in [-0.39, 0.29) is 21.5 Å². The predicted octanol–water partition coefficient (Wildman–Crippen LogP) is 1.84. The summed E-state index contributed by atoms with van der Waals surface area (Å²) in [6.07, 6.45) is 2.83. The van der Waals surface area contributed by atoms with Crippen molar-refractivity contribution in [2.24, 2.45) is 7.05 Å². The Labute approximate surface area is 171 Å². The van der Waals surface area contributed by atoms with Crippen molar-refractivity contribution < 1.29 is 14.5 Å². The van der Waals surface area contributed by atoms with Crippen molar-refractivity contribution in [3.63, 3.8) is 0 Å². The Bertz CT molecular complexity index is 1110. The molecule has 2 amide bonds. The number of hydrogen-bond acceptors (Lipinski definition) is 7. The normalized spacial score (nSPS) is 10.8. The molecule has 0 aliphatic carbocycles. The van der Waals surface area contributed by atoms with E-state index in [9.17, 15) is 19.7 Å². The van der Waals surface area contributed by atoms with Crippen LogP contribution in [-0.4, -0.2) is 46.5 Å². The minimum absolute atomic E-state index is 0.0973. The van der Waals surface area contributed by atoms with Gasteiger partial charge in [0, 0.05) is 13.6 Å². The van der Waals surface area contributed by atoms with Gasteiger partial charge < -0.3 is 20.7 Å². The lowest BCUT2D eigenvalue weighted by Gasteiger charge is -2.09. The summed E-state index contributed by atoms with van der Waals surface area (Å²) in [5.74, 6) is -1.70. The number of aromatic nitrogens is 6. The number of H-pyrrole nitrogens is 1. The van der Waals surface area contributed by atoms with Gasteiger partial charge in [-0.15, -0.1) is 5.10 Å². The van der Waals surface area contributed by atoms with Gasteiger partial charge in [0.15, 0.2) is 5.69 Å². The summed E-state index contributed by atoms with van der Waals surface area (Å²) in [5.41, 5.74) is 1.29. The maximum Gasteiger partial charge on any atom is 0.357 e. The molecule has 0 unspecified atom stereocenters. The predicted molar refractivity (Wildman–Crippen MR) is 105 cm³/mol. The third-order valence-corrected chi connectivity index (χ3v) is 4.92.